The third kappa shape index (κ3) is 4.21. The Morgan fingerprint density at radius 1 is 1.26 bits per heavy atom. The Hall–Kier alpha value is -2.10. The molecule has 0 aliphatic carbocycles. The number of ether oxygens (including phenoxy) is 1. The largest absolute Gasteiger partial charge is 0.377 e. The second kappa shape index (κ2) is 7.44. The van der Waals surface area contributed by atoms with Crippen LogP contribution < -0.4 is 5.32 Å². The van der Waals surface area contributed by atoms with Gasteiger partial charge >= 0.3 is 6.03 Å². The van der Waals surface area contributed by atoms with Crippen LogP contribution in [0.2, 0.25) is 0 Å². The van der Waals surface area contributed by atoms with Crippen molar-refractivity contribution >= 4 is 11.7 Å². The Labute approximate surface area is 136 Å². The summed E-state index contributed by atoms with van der Waals surface area (Å²) >= 11 is 0. The van der Waals surface area contributed by atoms with Crippen molar-refractivity contribution in [2.24, 2.45) is 0 Å². The number of amides is 2. The lowest BCUT2D eigenvalue weighted by Crippen LogP contribution is -2.51. The minimum atomic E-state index is -0.0773. The quantitative estimate of drug-likeness (QED) is 0.925. The molecule has 2 saturated heterocycles. The van der Waals surface area contributed by atoms with Crippen LogP contribution in [0.1, 0.15) is 18.4 Å². The molecule has 1 aromatic carbocycles. The van der Waals surface area contributed by atoms with Crippen LogP contribution in [0.3, 0.4) is 0 Å². The second-order valence-electron chi connectivity index (χ2n) is 6.04. The van der Waals surface area contributed by atoms with Gasteiger partial charge < -0.3 is 15.0 Å². The van der Waals surface area contributed by atoms with Gasteiger partial charge in [0.1, 0.15) is 0 Å². The molecule has 2 heterocycles. The van der Waals surface area contributed by atoms with Crippen molar-refractivity contribution in [3.63, 3.8) is 0 Å². The molecule has 122 valence electrons. The molecule has 1 atom stereocenters. The number of urea groups is 1. The van der Waals surface area contributed by atoms with Gasteiger partial charge in [-0.05, 0) is 37.1 Å². The summed E-state index contributed by atoms with van der Waals surface area (Å²) in [6.07, 6.45) is 2.69. The monoisotopic (exact) mass is 314 g/mol. The summed E-state index contributed by atoms with van der Waals surface area (Å²) in [5.74, 6) is 0. The van der Waals surface area contributed by atoms with Gasteiger partial charge in [-0.2, -0.15) is 5.26 Å². The number of carbonyl (C=O) groups excluding carboxylic acids is 1. The fourth-order valence-corrected chi connectivity index (χ4v) is 3.04. The zero-order chi connectivity index (χ0) is 16.1. The van der Waals surface area contributed by atoms with E-state index in [1.165, 1.54) is 0 Å². The van der Waals surface area contributed by atoms with E-state index < -0.39 is 0 Å². The van der Waals surface area contributed by atoms with Crippen molar-refractivity contribution in [1.82, 2.24) is 9.80 Å². The van der Waals surface area contributed by atoms with Crippen LogP contribution >= 0.6 is 0 Å². The van der Waals surface area contributed by atoms with Gasteiger partial charge in [-0.3, -0.25) is 4.90 Å². The molecule has 6 heteroatoms. The number of piperazine rings is 1. The summed E-state index contributed by atoms with van der Waals surface area (Å²) in [5, 5.41) is 11.7. The number of benzene rings is 1. The van der Waals surface area contributed by atoms with Crippen molar-refractivity contribution in [1.29, 1.82) is 5.26 Å². The molecule has 2 fully saturated rings. The molecule has 2 amide bonds. The molecule has 6 nitrogen and oxygen atoms in total. The maximum atomic E-state index is 12.3. The second-order valence-corrected chi connectivity index (χ2v) is 6.04. The maximum Gasteiger partial charge on any atom is 0.321 e. The summed E-state index contributed by atoms with van der Waals surface area (Å²) in [4.78, 5) is 16.5. The van der Waals surface area contributed by atoms with Crippen LogP contribution in [0.15, 0.2) is 24.3 Å². The number of hydrogen-bond donors (Lipinski definition) is 1. The van der Waals surface area contributed by atoms with Crippen LogP contribution in [-0.4, -0.2) is 61.3 Å². The Morgan fingerprint density at radius 3 is 2.61 bits per heavy atom. The molecule has 0 radical (unpaired) electrons. The zero-order valence-electron chi connectivity index (χ0n) is 13.2. The lowest BCUT2D eigenvalue weighted by atomic mass is 10.2. The van der Waals surface area contributed by atoms with E-state index >= 15 is 0 Å². The van der Waals surface area contributed by atoms with E-state index in [1.54, 1.807) is 24.3 Å². The number of anilines is 1. The molecule has 23 heavy (non-hydrogen) atoms. The van der Waals surface area contributed by atoms with Crippen molar-refractivity contribution in [3.05, 3.63) is 29.8 Å². The van der Waals surface area contributed by atoms with Gasteiger partial charge in [0.25, 0.3) is 0 Å². The van der Waals surface area contributed by atoms with Crippen molar-refractivity contribution in [2.75, 3.05) is 44.6 Å². The maximum absolute atomic E-state index is 12.3. The molecular weight excluding hydrogens is 292 g/mol. The van der Waals surface area contributed by atoms with Gasteiger partial charge in [0, 0.05) is 45.0 Å². The Morgan fingerprint density at radius 2 is 2.00 bits per heavy atom. The molecule has 1 N–H and O–H groups in total. The highest BCUT2D eigenvalue weighted by atomic mass is 16.5. The van der Waals surface area contributed by atoms with Crippen molar-refractivity contribution < 1.29 is 9.53 Å². The number of hydrogen-bond acceptors (Lipinski definition) is 4. The summed E-state index contributed by atoms with van der Waals surface area (Å²) in [6.45, 7) is 5.10. The first-order chi connectivity index (χ1) is 11.2. The Balaban J connectivity index is 1.45. The van der Waals surface area contributed by atoms with Crippen molar-refractivity contribution in [3.8, 4) is 6.07 Å². The summed E-state index contributed by atoms with van der Waals surface area (Å²) < 4.78 is 5.67. The molecule has 0 bridgehead atoms. The highest BCUT2D eigenvalue weighted by Crippen LogP contribution is 2.15. The van der Waals surface area contributed by atoms with Crippen LogP contribution in [0.5, 0.6) is 0 Å². The predicted octanol–water partition coefficient (Wildman–Crippen LogP) is 1.89. The first-order valence-corrected chi connectivity index (χ1v) is 8.14. The fourth-order valence-electron chi connectivity index (χ4n) is 3.04. The van der Waals surface area contributed by atoms with E-state index in [1.807, 2.05) is 4.90 Å². The van der Waals surface area contributed by atoms with E-state index in [2.05, 4.69) is 16.3 Å². The summed E-state index contributed by atoms with van der Waals surface area (Å²) in [6, 6.07) is 8.90. The van der Waals surface area contributed by atoms with E-state index in [4.69, 9.17) is 10.00 Å². The minimum Gasteiger partial charge on any atom is -0.377 e. The molecule has 1 aromatic rings. The molecule has 0 spiro atoms. The number of nitriles is 1. The first-order valence-electron chi connectivity index (χ1n) is 8.14. The van der Waals surface area contributed by atoms with E-state index in [0.717, 1.165) is 57.9 Å². The van der Waals surface area contributed by atoms with E-state index in [9.17, 15) is 4.79 Å². The Kier molecular flexibility index (Phi) is 5.11. The topological polar surface area (TPSA) is 68.6 Å². The fraction of sp³-hybridized carbons (Fsp3) is 0.529. The minimum absolute atomic E-state index is 0.0773. The van der Waals surface area contributed by atoms with Crippen LogP contribution in [0, 0.1) is 11.3 Å². The van der Waals surface area contributed by atoms with Gasteiger partial charge in [0.15, 0.2) is 0 Å². The van der Waals surface area contributed by atoms with E-state index in [-0.39, 0.29) is 6.03 Å². The standard InChI is InChI=1S/C17H22N4O2/c18-12-14-3-5-15(6-4-14)19-17(22)21-9-7-20(8-10-21)13-16-2-1-11-23-16/h3-6,16H,1-2,7-11,13H2,(H,19,22). The SMILES string of the molecule is N#Cc1ccc(NC(=O)N2CCN(CC3CCCO3)CC2)cc1. The molecule has 0 aromatic heterocycles. The predicted molar refractivity (Wildman–Crippen MR) is 87.2 cm³/mol. The first kappa shape index (κ1) is 15.8. The lowest BCUT2D eigenvalue weighted by molar-refractivity contribution is 0.0572. The van der Waals surface area contributed by atoms with Gasteiger partial charge in [-0.1, -0.05) is 0 Å². The van der Waals surface area contributed by atoms with Crippen molar-refractivity contribution in [2.45, 2.75) is 18.9 Å². The van der Waals surface area contributed by atoms with Gasteiger partial charge in [0.05, 0.1) is 17.7 Å². The zero-order valence-corrected chi connectivity index (χ0v) is 13.2. The average molecular weight is 314 g/mol. The number of nitrogens with zero attached hydrogens (tertiary/aromatic N) is 3. The Bertz CT molecular complexity index is 567. The molecular formula is C17H22N4O2. The molecule has 0 saturated carbocycles. The molecule has 1 unspecified atom stereocenters. The smallest absolute Gasteiger partial charge is 0.321 e. The van der Waals surface area contributed by atoms with Gasteiger partial charge in [0.2, 0.25) is 0 Å². The van der Waals surface area contributed by atoms with Gasteiger partial charge in [-0.25, -0.2) is 4.79 Å². The number of carbonyl (C=O) groups is 1. The van der Waals surface area contributed by atoms with Crippen LogP contribution in [-0.2, 0) is 4.74 Å². The van der Waals surface area contributed by atoms with E-state index in [0.29, 0.717) is 11.7 Å². The molecule has 2 aliphatic heterocycles. The summed E-state index contributed by atoms with van der Waals surface area (Å²) in [5.41, 5.74) is 1.31. The highest BCUT2D eigenvalue weighted by Gasteiger charge is 2.24. The number of nitrogens with one attached hydrogen (secondary N) is 1. The summed E-state index contributed by atoms with van der Waals surface area (Å²) in [7, 11) is 0. The van der Waals surface area contributed by atoms with Crippen LogP contribution in [0.25, 0.3) is 0 Å². The molecule has 3 rings (SSSR count). The third-order valence-corrected chi connectivity index (χ3v) is 4.41. The normalized spacial score (nSPS) is 21.9. The molecule has 2 aliphatic rings. The van der Waals surface area contributed by atoms with Crippen LogP contribution in [0.4, 0.5) is 10.5 Å². The number of rotatable bonds is 3. The van der Waals surface area contributed by atoms with Gasteiger partial charge in [-0.15, -0.1) is 0 Å². The highest BCUT2D eigenvalue weighted by molar-refractivity contribution is 5.89. The third-order valence-electron chi connectivity index (χ3n) is 4.41. The average Bonchev–Trinajstić information content (AvgIpc) is 3.09. The lowest BCUT2D eigenvalue weighted by Gasteiger charge is -2.35.